The summed E-state index contributed by atoms with van der Waals surface area (Å²) in [5.74, 6) is 1.46. The molecule has 5 rings (SSSR count). The number of Topliss-reactive ketones (excluding diaryl/α,β-unsaturated/α-hetero) is 1. The van der Waals surface area contributed by atoms with E-state index in [-0.39, 0.29) is 11.7 Å². The Morgan fingerprint density at radius 2 is 1.89 bits per heavy atom. The lowest BCUT2D eigenvalue weighted by molar-refractivity contribution is -0.133. The molecule has 1 saturated heterocycles. The average Bonchev–Trinajstić information content (AvgIpc) is 3.41. The number of nitrogens with one attached hydrogen (secondary N) is 1. The van der Waals surface area contributed by atoms with E-state index >= 15 is 0 Å². The number of thiazole rings is 1. The second-order valence-corrected chi connectivity index (χ2v) is 11.4. The third-order valence-electron chi connectivity index (χ3n) is 6.97. The number of anilines is 2. The molecule has 194 valence electrons. The third kappa shape index (κ3) is 5.79. The van der Waals surface area contributed by atoms with Crippen molar-refractivity contribution in [1.29, 1.82) is 0 Å². The molecule has 37 heavy (non-hydrogen) atoms. The number of halogens is 1. The molecule has 1 aliphatic rings. The number of imidazole rings is 1. The van der Waals surface area contributed by atoms with Crippen molar-refractivity contribution >= 4 is 67.0 Å². The van der Waals surface area contributed by atoms with Gasteiger partial charge in [0.05, 0.1) is 27.8 Å². The molecule has 3 heterocycles. The highest BCUT2D eigenvalue weighted by Gasteiger charge is 2.23. The summed E-state index contributed by atoms with van der Waals surface area (Å²) in [6.07, 6.45) is 3.27. The third-order valence-corrected chi connectivity index (χ3v) is 8.14. The average molecular weight is 539 g/mol. The number of amides is 1. The number of likely N-dealkylation sites (N-methyl/N-ethyl adjacent to an activating group) is 1. The topological polar surface area (TPSA) is 83.4 Å². The Balaban J connectivity index is 1.20. The lowest BCUT2D eigenvalue weighted by Crippen LogP contribution is -2.42. The van der Waals surface area contributed by atoms with Crippen LogP contribution in [-0.4, -0.2) is 69.8 Å². The summed E-state index contributed by atoms with van der Waals surface area (Å²) < 4.78 is 2.97. The van der Waals surface area contributed by atoms with E-state index in [1.165, 1.54) is 11.3 Å². The number of fused-ring (bicyclic) bond motifs is 2. The molecule has 4 aromatic rings. The predicted octanol–water partition coefficient (Wildman–Crippen LogP) is 5.34. The summed E-state index contributed by atoms with van der Waals surface area (Å²) in [4.78, 5) is 38.5. The molecule has 0 aliphatic carbocycles. The second kappa shape index (κ2) is 10.8. The molecule has 0 bridgehead atoms. The van der Waals surface area contributed by atoms with Crippen molar-refractivity contribution in [1.82, 2.24) is 24.3 Å². The highest BCUT2D eigenvalue weighted by atomic mass is 35.5. The maximum absolute atomic E-state index is 13.0. The molecule has 0 saturated carbocycles. The predicted molar refractivity (Wildman–Crippen MR) is 150 cm³/mol. The Hall–Kier alpha value is -3.01. The number of ketones is 1. The van der Waals surface area contributed by atoms with Gasteiger partial charge in [0.1, 0.15) is 0 Å². The van der Waals surface area contributed by atoms with Gasteiger partial charge in [-0.15, -0.1) is 0 Å². The van der Waals surface area contributed by atoms with E-state index in [2.05, 4.69) is 10.3 Å². The van der Waals surface area contributed by atoms with Crippen molar-refractivity contribution in [3.05, 3.63) is 47.0 Å². The summed E-state index contributed by atoms with van der Waals surface area (Å²) in [6.45, 7) is 2.01. The van der Waals surface area contributed by atoms with Gasteiger partial charge in [0.15, 0.2) is 10.9 Å². The summed E-state index contributed by atoms with van der Waals surface area (Å²) in [6, 6.07) is 11.4. The first-order valence-corrected chi connectivity index (χ1v) is 13.7. The minimum absolute atomic E-state index is 0.135. The van der Waals surface area contributed by atoms with Gasteiger partial charge in [0.2, 0.25) is 11.9 Å². The Morgan fingerprint density at radius 1 is 1.11 bits per heavy atom. The van der Waals surface area contributed by atoms with E-state index in [0.717, 1.165) is 58.7 Å². The summed E-state index contributed by atoms with van der Waals surface area (Å²) in [7, 11) is 5.77. The van der Waals surface area contributed by atoms with Crippen LogP contribution in [0.2, 0.25) is 5.02 Å². The first-order valence-electron chi connectivity index (χ1n) is 12.5. The Morgan fingerprint density at radius 3 is 2.65 bits per heavy atom. The molecular weight excluding hydrogens is 508 g/mol. The van der Waals surface area contributed by atoms with Crippen molar-refractivity contribution in [3.8, 4) is 0 Å². The number of carbonyl (C=O) groups excluding carboxylic acids is 2. The largest absolute Gasteiger partial charge is 0.342 e. The normalized spacial score (nSPS) is 14.7. The molecule has 1 fully saturated rings. The van der Waals surface area contributed by atoms with Crippen molar-refractivity contribution in [3.63, 3.8) is 0 Å². The molecule has 10 heteroatoms. The molecule has 0 unspecified atom stereocenters. The number of hydrogen-bond donors (Lipinski definition) is 1. The number of hydrogen-bond acceptors (Lipinski definition) is 7. The van der Waals surface area contributed by atoms with Crippen LogP contribution in [0.1, 0.15) is 36.0 Å². The van der Waals surface area contributed by atoms with Gasteiger partial charge in [0, 0.05) is 37.1 Å². The van der Waals surface area contributed by atoms with Crippen molar-refractivity contribution < 1.29 is 9.59 Å². The van der Waals surface area contributed by atoms with Crippen molar-refractivity contribution in [2.75, 3.05) is 39.0 Å². The maximum Gasteiger partial charge on any atom is 0.236 e. The molecule has 1 amide bonds. The fraction of sp³-hybridized carbons (Fsp3) is 0.407. The van der Waals surface area contributed by atoms with Crippen LogP contribution in [0.25, 0.3) is 21.3 Å². The summed E-state index contributed by atoms with van der Waals surface area (Å²) in [5, 5.41) is 4.73. The van der Waals surface area contributed by atoms with E-state index in [1.54, 1.807) is 0 Å². The number of likely N-dealkylation sites (tertiary alicyclic amines) is 1. The summed E-state index contributed by atoms with van der Waals surface area (Å²) >= 11 is 7.62. The molecule has 2 aromatic heterocycles. The van der Waals surface area contributed by atoms with E-state index in [9.17, 15) is 9.59 Å². The van der Waals surface area contributed by atoms with Crippen LogP contribution in [-0.2, 0) is 11.8 Å². The summed E-state index contributed by atoms with van der Waals surface area (Å²) in [5.41, 5.74) is 3.28. The van der Waals surface area contributed by atoms with E-state index in [4.69, 9.17) is 16.6 Å². The molecule has 1 aliphatic heterocycles. The second-order valence-electron chi connectivity index (χ2n) is 9.98. The fourth-order valence-corrected chi connectivity index (χ4v) is 5.99. The van der Waals surface area contributed by atoms with Gasteiger partial charge in [-0.3, -0.25) is 9.59 Å². The van der Waals surface area contributed by atoms with E-state index in [1.807, 2.05) is 71.9 Å². The number of carbonyl (C=O) groups is 2. The van der Waals surface area contributed by atoms with E-state index in [0.29, 0.717) is 35.4 Å². The van der Waals surface area contributed by atoms with Gasteiger partial charge < -0.3 is 19.7 Å². The minimum atomic E-state index is 0.135. The number of aromatic nitrogens is 3. The quantitative estimate of drug-likeness (QED) is 0.305. The molecule has 8 nitrogen and oxygen atoms in total. The Labute approximate surface area is 225 Å². The number of piperidine rings is 1. The zero-order chi connectivity index (χ0) is 26.1. The first kappa shape index (κ1) is 25.6. The van der Waals surface area contributed by atoms with Crippen molar-refractivity contribution in [2.45, 2.75) is 25.7 Å². The van der Waals surface area contributed by atoms with Crippen LogP contribution < -0.4 is 5.32 Å². The molecule has 2 aromatic carbocycles. The molecular formula is C27H31ClN6O2S. The Bertz CT molecular complexity index is 1450. The van der Waals surface area contributed by atoms with Crippen LogP contribution in [0, 0.1) is 5.92 Å². The van der Waals surface area contributed by atoms with Gasteiger partial charge in [-0.25, -0.2) is 9.97 Å². The molecule has 0 spiro atoms. The van der Waals surface area contributed by atoms with Crippen molar-refractivity contribution in [2.24, 2.45) is 13.0 Å². The fourth-order valence-electron chi connectivity index (χ4n) is 4.85. The van der Waals surface area contributed by atoms with Gasteiger partial charge >= 0.3 is 0 Å². The highest BCUT2D eigenvalue weighted by molar-refractivity contribution is 7.22. The van der Waals surface area contributed by atoms with Gasteiger partial charge in [-0.2, -0.15) is 0 Å². The molecule has 1 N–H and O–H groups in total. The van der Waals surface area contributed by atoms with Crippen LogP contribution >= 0.6 is 22.9 Å². The zero-order valence-electron chi connectivity index (χ0n) is 21.3. The van der Waals surface area contributed by atoms with Crippen LogP contribution in [0.5, 0.6) is 0 Å². The standard InChI is InChI=1S/C27H31ClN6O2S/c1-32(2)16-25(36)34-12-10-17(11-13-34)4-9-23(35)18-5-8-22-21(14-18)29-26(33(22)3)31-27-30-20-7-6-19(28)15-24(20)37-27/h5-8,14-15,17H,4,9-13,16H2,1-3H3,(H,29,30,31). The van der Waals surface area contributed by atoms with Gasteiger partial charge in [-0.05, 0) is 75.7 Å². The number of aryl methyl sites for hydroxylation is 1. The maximum atomic E-state index is 13.0. The minimum Gasteiger partial charge on any atom is -0.342 e. The lowest BCUT2D eigenvalue weighted by atomic mass is 9.90. The number of benzene rings is 2. The molecule has 0 radical (unpaired) electrons. The van der Waals surface area contributed by atoms with Crippen LogP contribution in [0.3, 0.4) is 0 Å². The Kier molecular flexibility index (Phi) is 7.46. The lowest BCUT2D eigenvalue weighted by Gasteiger charge is -2.32. The number of nitrogens with zero attached hydrogens (tertiary/aromatic N) is 5. The molecule has 0 atom stereocenters. The zero-order valence-corrected chi connectivity index (χ0v) is 22.9. The number of rotatable bonds is 8. The van der Waals surface area contributed by atoms with Gasteiger partial charge in [-0.1, -0.05) is 22.9 Å². The smallest absolute Gasteiger partial charge is 0.236 e. The highest BCUT2D eigenvalue weighted by Crippen LogP contribution is 2.31. The first-order chi connectivity index (χ1) is 17.8. The van der Waals surface area contributed by atoms with Crippen LogP contribution in [0.15, 0.2) is 36.4 Å². The van der Waals surface area contributed by atoms with E-state index < -0.39 is 0 Å². The monoisotopic (exact) mass is 538 g/mol. The SMILES string of the molecule is CN(C)CC(=O)N1CCC(CCC(=O)c2ccc3c(c2)nc(Nc2nc4ccc(Cl)cc4s2)n3C)CC1. The van der Waals surface area contributed by atoms with Crippen LogP contribution in [0.4, 0.5) is 11.1 Å². The van der Waals surface area contributed by atoms with Gasteiger partial charge in [0.25, 0.3) is 0 Å².